The number of rotatable bonds is 7. The van der Waals surface area contributed by atoms with Crippen LogP contribution in [0.5, 0.6) is 5.75 Å². The van der Waals surface area contributed by atoms with Gasteiger partial charge in [-0.3, -0.25) is 4.79 Å². The Morgan fingerprint density at radius 1 is 1.03 bits per heavy atom. The molecule has 2 fully saturated rings. The van der Waals surface area contributed by atoms with E-state index in [9.17, 15) is 4.79 Å². The minimum Gasteiger partial charge on any atom is -0.491 e. The number of aromatic nitrogens is 1. The van der Waals surface area contributed by atoms with E-state index in [2.05, 4.69) is 11.1 Å². The average Bonchev–Trinajstić information content (AvgIpc) is 3.67. The molecule has 1 aliphatic carbocycles. The lowest BCUT2D eigenvalue weighted by Crippen LogP contribution is -2.33. The van der Waals surface area contributed by atoms with Gasteiger partial charge in [-0.1, -0.05) is 36.4 Å². The zero-order valence-electron chi connectivity index (χ0n) is 17.7. The molecule has 2 aromatic carbocycles. The Morgan fingerprint density at radius 3 is 2.77 bits per heavy atom. The van der Waals surface area contributed by atoms with Crippen molar-refractivity contribution in [3.05, 3.63) is 71.9 Å². The van der Waals surface area contributed by atoms with Crippen molar-refractivity contribution in [2.24, 2.45) is 0 Å². The Morgan fingerprint density at radius 2 is 1.94 bits per heavy atom. The first-order valence-corrected chi connectivity index (χ1v) is 11.3. The fourth-order valence-electron chi connectivity index (χ4n) is 4.14. The highest BCUT2D eigenvalue weighted by molar-refractivity contribution is 5.95. The zero-order chi connectivity index (χ0) is 21.0. The molecule has 5 rings (SSSR count). The van der Waals surface area contributed by atoms with E-state index in [0.29, 0.717) is 24.9 Å². The first-order chi connectivity index (χ1) is 15.3. The highest BCUT2D eigenvalue weighted by Crippen LogP contribution is 2.30. The number of fused-ring (bicyclic) bond motifs is 1. The van der Waals surface area contributed by atoms with Crippen LogP contribution in [-0.2, 0) is 11.3 Å². The molecule has 2 aliphatic rings. The maximum absolute atomic E-state index is 13.3. The Kier molecular flexibility index (Phi) is 5.85. The fourth-order valence-corrected chi connectivity index (χ4v) is 4.14. The lowest BCUT2D eigenvalue weighted by molar-refractivity contribution is -0.0110. The summed E-state index contributed by atoms with van der Waals surface area (Å²) in [6, 6.07) is 20.1. The van der Waals surface area contributed by atoms with Crippen LogP contribution in [0.25, 0.3) is 10.9 Å². The van der Waals surface area contributed by atoms with E-state index in [1.54, 1.807) is 0 Å². The number of hydrogen-bond donors (Lipinski definition) is 0. The van der Waals surface area contributed by atoms with Crippen molar-refractivity contribution >= 4 is 16.8 Å². The van der Waals surface area contributed by atoms with Gasteiger partial charge in [0.05, 0.1) is 11.6 Å². The lowest BCUT2D eigenvalue weighted by atomic mass is 10.1. The maximum atomic E-state index is 13.3. The van der Waals surface area contributed by atoms with Gasteiger partial charge in [0.2, 0.25) is 0 Å². The second kappa shape index (κ2) is 9.06. The smallest absolute Gasteiger partial charge is 0.273 e. The van der Waals surface area contributed by atoms with E-state index in [-0.39, 0.29) is 12.0 Å². The predicted molar refractivity (Wildman–Crippen MR) is 120 cm³/mol. The highest BCUT2D eigenvalue weighted by atomic mass is 16.5. The van der Waals surface area contributed by atoms with Crippen molar-refractivity contribution in [3.63, 3.8) is 0 Å². The summed E-state index contributed by atoms with van der Waals surface area (Å²) in [5.74, 6) is 0.828. The van der Waals surface area contributed by atoms with Gasteiger partial charge in [-0.15, -0.1) is 0 Å². The summed E-state index contributed by atoms with van der Waals surface area (Å²) < 4.78 is 11.8. The van der Waals surface area contributed by atoms with Gasteiger partial charge in [-0.05, 0) is 61.9 Å². The van der Waals surface area contributed by atoms with E-state index in [1.165, 1.54) is 6.42 Å². The molecule has 1 amide bonds. The van der Waals surface area contributed by atoms with Crippen LogP contribution in [-0.4, -0.2) is 41.2 Å². The predicted octanol–water partition coefficient (Wildman–Crippen LogP) is 4.99. The second-order valence-corrected chi connectivity index (χ2v) is 8.50. The van der Waals surface area contributed by atoms with Crippen LogP contribution >= 0.6 is 0 Å². The van der Waals surface area contributed by atoms with Gasteiger partial charge in [-0.25, -0.2) is 4.98 Å². The molecule has 0 N–H and O–H groups in total. The Balaban J connectivity index is 1.29. The maximum Gasteiger partial charge on any atom is 0.273 e. The molecule has 0 bridgehead atoms. The van der Waals surface area contributed by atoms with Crippen molar-refractivity contribution in [2.75, 3.05) is 13.2 Å². The van der Waals surface area contributed by atoms with Gasteiger partial charge in [0, 0.05) is 24.6 Å². The molecule has 160 valence electrons. The van der Waals surface area contributed by atoms with Gasteiger partial charge in [0.15, 0.2) is 0 Å². The zero-order valence-corrected chi connectivity index (χ0v) is 17.7. The molecule has 1 aromatic heterocycles. The number of amides is 1. The number of ether oxygens (including phenoxy) is 2. The minimum atomic E-state index is -0.00446. The Labute approximate surface area is 183 Å². The third kappa shape index (κ3) is 4.88. The standard InChI is InChI=1S/C26H28N2O3/c29-26(25-14-11-20-7-1-2-10-24(20)27-25)28(21-12-13-21)17-19-6-5-9-22(16-19)31-18-23-8-3-4-15-30-23/h1-2,5-7,9-11,14,16,21,23H,3-4,8,12-13,15,17-18H2/t23-/m0/s1. The number of hydrogen-bond acceptors (Lipinski definition) is 4. The second-order valence-electron chi connectivity index (χ2n) is 8.50. The van der Waals surface area contributed by atoms with Gasteiger partial charge in [-0.2, -0.15) is 0 Å². The molecule has 1 saturated carbocycles. The van der Waals surface area contributed by atoms with Gasteiger partial charge in [0.25, 0.3) is 5.91 Å². The van der Waals surface area contributed by atoms with Crippen molar-refractivity contribution < 1.29 is 14.3 Å². The molecule has 5 nitrogen and oxygen atoms in total. The summed E-state index contributed by atoms with van der Waals surface area (Å²) in [5.41, 5.74) is 2.43. The molecule has 0 spiro atoms. The number of carbonyl (C=O) groups is 1. The van der Waals surface area contributed by atoms with Crippen LogP contribution < -0.4 is 4.74 Å². The SMILES string of the molecule is O=C(c1ccc2ccccc2n1)N(Cc1cccc(OC[C@@H]2CCCCO2)c1)C1CC1. The molecule has 3 aromatic rings. The van der Waals surface area contributed by atoms with E-state index >= 15 is 0 Å². The molecule has 1 saturated heterocycles. The van der Waals surface area contributed by atoms with Crippen LogP contribution in [0.1, 0.15) is 48.2 Å². The van der Waals surface area contributed by atoms with Gasteiger partial charge in [0.1, 0.15) is 18.1 Å². The summed E-state index contributed by atoms with van der Waals surface area (Å²) in [7, 11) is 0. The first-order valence-electron chi connectivity index (χ1n) is 11.3. The van der Waals surface area contributed by atoms with Crippen LogP contribution in [0, 0.1) is 0 Å². The summed E-state index contributed by atoms with van der Waals surface area (Å²) >= 11 is 0. The van der Waals surface area contributed by atoms with Crippen LogP contribution in [0.2, 0.25) is 0 Å². The molecule has 0 radical (unpaired) electrons. The largest absolute Gasteiger partial charge is 0.491 e. The fraction of sp³-hybridized carbons (Fsp3) is 0.385. The van der Waals surface area contributed by atoms with Crippen molar-refractivity contribution in [1.29, 1.82) is 0 Å². The first kappa shape index (κ1) is 20.0. The molecule has 31 heavy (non-hydrogen) atoms. The van der Waals surface area contributed by atoms with Crippen LogP contribution in [0.15, 0.2) is 60.7 Å². The van der Waals surface area contributed by atoms with Gasteiger partial charge >= 0.3 is 0 Å². The van der Waals surface area contributed by atoms with Crippen molar-refractivity contribution in [1.82, 2.24) is 9.88 Å². The third-order valence-corrected chi connectivity index (χ3v) is 6.03. The molecular formula is C26H28N2O3. The van der Waals surface area contributed by atoms with Crippen molar-refractivity contribution in [2.45, 2.75) is 50.8 Å². The average molecular weight is 417 g/mol. The molecule has 0 unspecified atom stereocenters. The number of carbonyl (C=O) groups excluding carboxylic acids is 1. The quantitative estimate of drug-likeness (QED) is 0.545. The van der Waals surface area contributed by atoms with Gasteiger partial charge < -0.3 is 14.4 Å². The molecule has 1 atom stereocenters. The van der Waals surface area contributed by atoms with E-state index < -0.39 is 0 Å². The van der Waals surface area contributed by atoms with Crippen LogP contribution in [0.3, 0.4) is 0 Å². The monoisotopic (exact) mass is 416 g/mol. The minimum absolute atomic E-state index is 0.00446. The number of nitrogens with zero attached hydrogens (tertiary/aromatic N) is 2. The highest BCUT2D eigenvalue weighted by Gasteiger charge is 2.33. The normalized spacial score (nSPS) is 18.6. The Hall–Kier alpha value is -2.92. The number of benzene rings is 2. The lowest BCUT2D eigenvalue weighted by Gasteiger charge is -2.24. The van der Waals surface area contributed by atoms with E-state index in [1.807, 2.05) is 59.5 Å². The van der Waals surface area contributed by atoms with E-state index in [0.717, 1.165) is 54.5 Å². The number of pyridine rings is 1. The molecule has 5 heteroatoms. The topological polar surface area (TPSA) is 51.7 Å². The summed E-state index contributed by atoms with van der Waals surface area (Å²) in [4.78, 5) is 19.9. The summed E-state index contributed by atoms with van der Waals surface area (Å²) in [5, 5.41) is 1.05. The molecular weight excluding hydrogens is 388 g/mol. The molecule has 1 aliphatic heterocycles. The third-order valence-electron chi connectivity index (χ3n) is 6.03. The number of para-hydroxylation sites is 1. The van der Waals surface area contributed by atoms with Crippen LogP contribution in [0.4, 0.5) is 0 Å². The van der Waals surface area contributed by atoms with Crippen molar-refractivity contribution in [3.8, 4) is 5.75 Å². The Bertz CT molecular complexity index is 1060. The molecule has 2 heterocycles. The summed E-state index contributed by atoms with van der Waals surface area (Å²) in [6.45, 7) is 1.97. The van der Waals surface area contributed by atoms with E-state index in [4.69, 9.17) is 9.47 Å². The summed E-state index contributed by atoms with van der Waals surface area (Å²) in [6.07, 6.45) is 5.69.